The average Bonchev–Trinajstić information content (AvgIpc) is 2.70. The molecule has 0 amide bonds. The van der Waals surface area contributed by atoms with Gasteiger partial charge in [0, 0.05) is 5.39 Å². The molecule has 1 heterocycles. The molecule has 2 aromatic rings. The molecule has 0 aliphatic rings. The number of carboxylic acids is 1. The molecule has 3 nitrogen and oxygen atoms in total. The maximum atomic E-state index is 11.2. The van der Waals surface area contributed by atoms with Gasteiger partial charge in [-0.2, -0.15) is 0 Å². The topological polar surface area (TPSA) is 50.4 Å². The largest absolute Gasteiger partial charge is 0.481 e. The van der Waals surface area contributed by atoms with E-state index in [9.17, 15) is 4.79 Å². The van der Waals surface area contributed by atoms with E-state index < -0.39 is 11.9 Å². The molecule has 90 valence electrons. The quantitative estimate of drug-likeness (QED) is 0.893. The van der Waals surface area contributed by atoms with Crippen molar-refractivity contribution in [1.29, 1.82) is 0 Å². The summed E-state index contributed by atoms with van der Waals surface area (Å²) < 4.78 is 5.56. The van der Waals surface area contributed by atoms with Gasteiger partial charge in [0.2, 0.25) is 0 Å². The van der Waals surface area contributed by atoms with Crippen LogP contribution >= 0.6 is 11.6 Å². The van der Waals surface area contributed by atoms with Crippen molar-refractivity contribution in [3.05, 3.63) is 35.0 Å². The van der Waals surface area contributed by atoms with Gasteiger partial charge in [-0.05, 0) is 18.6 Å². The number of furan rings is 1. The van der Waals surface area contributed by atoms with Crippen LogP contribution in [0, 0.1) is 0 Å². The number of hydrogen-bond donors (Lipinski definition) is 1. The van der Waals surface area contributed by atoms with E-state index in [0.29, 0.717) is 22.8 Å². The summed E-state index contributed by atoms with van der Waals surface area (Å²) in [6, 6.07) is 7.17. The Balaban J connectivity index is 2.47. The van der Waals surface area contributed by atoms with Crippen LogP contribution in [-0.2, 0) is 4.79 Å². The third-order valence-corrected chi connectivity index (χ3v) is 3.03. The number of aliphatic carboxylic acids is 1. The summed E-state index contributed by atoms with van der Waals surface area (Å²) in [7, 11) is 0. The molecule has 0 aliphatic heterocycles. The van der Waals surface area contributed by atoms with E-state index in [1.54, 1.807) is 12.1 Å². The summed E-state index contributed by atoms with van der Waals surface area (Å²) in [4.78, 5) is 11.2. The minimum absolute atomic E-state index is 0.474. The van der Waals surface area contributed by atoms with Gasteiger partial charge in [0.15, 0.2) is 5.58 Å². The van der Waals surface area contributed by atoms with Crippen LogP contribution in [0.2, 0.25) is 5.02 Å². The van der Waals surface area contributed by atoms with Gasteiger partial charge in [0.1, 0.15) is 11.7 Å². The monoisotopic (exact) mass is 252 g/mol. The number of carbonyl (C=O) groups is 1. The Bertz CT molecular complexity index is 545. The van der Waals surface area contributed by atoms with Crippen molar-refractivity contribution in [1.82, 2.24) is 0 Å². The lowest BCUT2D eigenvalue weighted by molar-refractivity contribution is -0.139. The molecule has 2 rings (SSSR count). The first-order valence-electron chi connectivity index (χ1n) is 5.54. The smallest absolute Gasteiger partial charge is 0.314 e. The van der Waals surface area contributed by atoms with E-state index in [-0.39, 0.29) is 0 Å². The predicted molar refractivity (Wildman–Crippen MR) is 66.5 cm³/mol. The SMILES string of the molecule is CCCC(C(=O)O)c1cc2cccc(Cl)c2o1. The molecule has 0 bridgehead atoms. The van der Waals surface area contributed by atoms with Gasteiger partial charge in [-0.1, -0.05) is 37.1 Å². The first-order valence-corrected chi connectivity index (χ1v) is 5.92. The molecule has 1 aromatic heterocycles. The van der Waals surface area contributed by atoms with E-state index in [1.807, 2.05) is 19.1 Å². The Kier molecular flexibility index (Phi) is 3.38. The summed E-state index contributed by atoms with van der Waals surface area (Å²) in [5, 5.41) is 10.5. The van der Waals surface area contributed by atoms with Crippen molar-refractivity contribution >= 4 is 28.5 Å². The van der Waals surface area contributed by atoms with Gasteiger partial charge < -0.3 is 9.52 Å². The summed E-state index contributed by atoms with van der Waals surface area (Å²) in [5.74, 6) is -0.979. The standard InChI is InChI=1S/C13H13ClO3/c1-2-4-9(13(15)16)11-7-8-5-3-6-10(14)12(8)17-11/h3,5-7,9H,2,4H2,1H3,(H,15,16). The molecule has 0 aliphatic carbocycles. The van der Waals surface area contributed by atoms with Gasteiger partial charge in [0.25, 0.3) is 0 Å². The molecule has 1 N–H and O–H groups in total. The number of rotatable bonds is 4. The van der Waals surface area contributed by atoms with Crippen molar-refractivity contribution in [2.75, 3.05) is 0 Å². The third-order valence-electron chi connectivity index (χ3n) is 2.73. The molecule has 1 aromatic carbocycles. The molecule has 0 saturated carbocycles. The fraction of sp³-hybridized carbons (Fsp3) is 0.308. The number of benzene rings is 1. The van der Waals surface area contributed by atoms with Crippen molar-refractivity contribution < 1.29 is 14.3 Å². The molecule has 1 unspecified atom stereocenters. The van der Waals surface area contributed by atoms with E-state index in [1.165, 1.54) is 0 Å². The number of para-hydroxylation sites is 1. The zero-order valence-electron chi connectivity index (χ0n) is 9.44. The number of hydrogen-bond acceptors (Lipinski definition) is 2. The molecular weight excluding hydrogens is 240 g/mol. The summed E-state index contributed by atoms with van der Waals surface area (Å²) in [6.07, 6.45) is 1.36. The maximum Gasteiger partial charge on any atom is 0.314 e. The van der Waals surface area contributed by atoms with Gasteiger partial charge in [-0.3, -0.25) is 4.79 Å². The van der Waals surface area contributed by atoms with Gasteiger partial charge in [-0.15, -0.1) is 0 Å². The normalized spacial score (nSPS) is 12.8. The van der Waals surface area contributed by atoms with E-state index >= 15 is 0 Å². The second-order valence-corrected chi connectivity index (χ2v) is 4.39. The van der Waals surface area contributed by atoms with Crippen LogP contribution in [0.4, 0.5) is 0 Å². The van der Waals surface area contributed by atoms with Crippen molar-refractivity contribution in [3.8, 4) is 0 Å². The number of fused-ring (bicyclic) bond motifs is 1. The highest BCUT2D eigenvalue weighted by Gasteiger charge is 2.23. The highest BCUT2D eigenvalue weighted by Crippen LogP contribution is 2.31. The Morgan fingerprint density at radius 1 is 1.53 bits per heavy atom. The van der Waals surface area contributed by atoms with Crippen molar-refractivity contribution in [2.45, 2.75) is 25.7 Å². The van der Waals surface area contributed by atoms with E-state index in [4.69, 9.17) is 21.1 Å². The minimum atomic E-state index is -0.859. The van der Waals surface area contributed by atoms with Crippen LogP contribution in [0.15, 0.2) is 28.7 Å². The lowest BCUT2D eigenvalue weighted by Gasteiger charge is -2.06. The summed E-state index contributed by atoms with van der Waals surface area (Å²) >= 11 is 5.99. The Morgan fingerprint density at radius 2 is 2.29 bits per heavy atom. The number of halogens is 1. The van der Waals surface area contributed by atoms with Crippen LogP contribution in [0.1, 0.15) is 31.4 Å². The van der Waals surface area contributed by atoms with Crippen LogP contribution in [-0.4, -0.2) is 11.1 Å². The lowest BCUT2D eigenvalue weighted by Crippen LogP contribution is -2.10. The van der Waals surface area contributed by atoms with Crippen LogP contribution in [0.25, 0.3) is 11.0 Å². The molecular formula is C13H13ClO3. The molecule has 4 heteroatoms. The summed E-state index contributed by atoms with van der Waals surface area (Å²) in [6.45, 7) is 1.95. The second kappa shape index (κ2) is 4.80. The highest BCUT2D eigenvalue weighted by molar-refractivity contribution is 6.34. The molecule has 1 atom stereocenters. The van der Waals surface area contributed by atoms with Gasteiger partial charge >= 0.3 is 5.97 Å². The molecule has 0 radical (unpaired) electrons. The molecule has 0 fully saturated rings. The van der Waals surface area contributed by atoms with Gasteiger partial charge in [-0.25, -0.2) is 0 Å². The fourth-order valence-corrected chi connectivity index (χ4v) is 2.12. The summed E-state index contributed by atoms with van der Waals surface area (Å²) in [5.41, 5.74) is 0.562. The second-order valence-electron chi connectivity index (χ2n) is 3.99. The third kappa shape index (κ3) is 2.29. The van der Waals surface area contributed by atoms with Crippen molar-refractivity contribution in [2.24, 2.45) is 0 Å². The Labute approximate surface area is 104 Å². The zero-order chi connectivity index (χ0) is 12.4. The predicted octanol–water partition coefficient (Wildman–Crippen LogP) is 4.05. The van der Waals surface area contributed by atoms with Crippen LogP contribution in [0.5, 0.6) is 0 Å². The lowest BCUT2D eigenvalue weighted by atomic mass is 10.0. The van der Waals surface area contributed by atoms with Crippen LogP contribution in [0.3, 0.4) is 0 Å². The molecule has 17 heavy (non-hydrogen) atoms. The number of carboxylic acid groups (broad SMARTS) is 1. The van der Waals surface area contributed by atoms with E-state index in [0.717, 1.165) is 11.8 Å². The first-order chi connectivity index (χ1) is 8.13. The van der Waals surface area contributed by atoms with E-state index in [2.05, 4.69) is 0 Å². The van der Waals surface area contributed by atoms with Gasteiger partial charge in [0.05, 0.1) is 5.02 Å². The highest BCUT2D eigenvalue weighted by atomic mass is 35.5. The fourth-order valence-electron chi connectivity index (χ4n) is 1.90. The van der Waals surface area contributed by atoms with Crippen LogP contribution < -0.4 is 0 Å². The first kappa shape index (κ1) is 12.0. The Morgan fingerprint density at radius 3 is 2.88 bits per heavy atom. The molecule has 0 saturated heterocycles. The average molecular weight is 253 g/mol. The molecule has 0 spiro atoms. The van der Waals surface area contributed by atoms with Crippen molar-refractivity contribution in [3.63, 3.8) is 0 Å². The minimum Gasteiger partial charge on any atom is -0.481 e. The maximum absolute atomic E-state index is 11.2. The zero-order valence-corrected chi connectivity index (χ0v) is 10.2. The Hall–Kier alpha value is -1.48.